The van der Waals surface area contributed by atoms with Crippen molar-refractivity contribution in [2.45, 2.75) is 17.6 Å². The van der Waals surface area contributed by atoms with Gasteiger partial charge in [-0.1, -0.05) is 6.07 Å². The summed E-state index contributed by atoms with van der Waals surface area (Å²) in [7, 11) is -3.66. The summed E-state index contributed by atoms with van der Waals surface area (Å²) >= 11 is 0. The van der Waals surface area contributed by atoms with E-state index in [2.05, 4.69) is 0 Å². The Morgan fingerprint density at radius 2 is 2.00 bits per heavy atom. The molecular formula is C15H13FN2O2S. The highest BCUT2D eigenvalue weighted by Crippen LogP contribution is 2.24. The monoisotopic (exact) mass is 304 g/mol. The standard InChI is InChI=1S/C15H13FN2O2S/c1-10-14(18)3-2-4-15(10)21(19,20)9-12-5-11(8-17)6-13(16)7-12/h2-7H,9,18H2,1H3. The van der Waals surface area contributed by atoms with Crippen molar-refractivity contribution in [2.75, 3.05) is 5.73 Å². The SMILES string of the molecule is Cc1c(N)cccc1S(=O)(=O)Cc1cc(F)cc(C#N)c1. The predicted octanol–water partition coefficient (Wildman–Crippen LogP) is 2.56. The molecule has 0 atom stereocenters. The first-order chi connectivity index (χ1) is 9.83. The van der Waals surface area contributed by atoms with Crippen molar-refractivity contribution in [2.24, 2.45) is 0 Å². The molecule has 0 amide bonds. The van der Waals surface area contributed by atoms with Crippen molar-refractivity contribution in [3.63, 3.8) is 0 Å². The molecule has 0 aliphatic heterocycles. The average molecular weight is 304 g/mol. The Labute approximate surface area is 122 Å². The van der Waals surface area contributed by atoms with E-state index in [1.54, 1.807) is 25.1 Å². The summed E-state index contributed by atoms with van der Waals surface area (Å²) in [6.07, 6.45) is 0. The maximum Gasteiger partial charge on any atom is 0.182 e. The van der Waals surface area contributed by atoms with Gasteiger partial charge in [0, 0.05) is 5.69 Å². The summed E-state index contributed by atoms with van der Waals surface area (Å²) in [6, 6.07) is 9.97. The van der Waals surface area contributed by atoms with Crippen LogP contribution in [0.3, 0.4) is 0 Å². The third-order valence-corrected chi connectivity index (χ3v) is 4.93. The van der Waals surface area contributed by atoms with Gasteiger partial charge in [0.1, 0.15) is 5.82 Å². The van der Waals surface area contributed by atoms with Crippen molar-refractivity contribution in [1.29, 1.82) is 5.26 Å². The molecule has 4 nitrogen and oxygen atoms in total. The highest BCUT2D eigenvalue weighted by Gasteiger charge is 2.19. The Morgan fingerprint density at radius 1 is 1.29 bits per heavy atom. The van der Waals surface area contributed by atoms with E-state index in [1.165, 1.54) is 12.1 Å². The lowest BCUT2D eigenvalue weighted by Gasteiger charge is -2.10. The predicted molar refractivity (Wildman–Crippen MR) is 77.6 cm³/mol. The maximum absolute atomic E-state index is 13.4. The number of nitrogen functional groups attached to an aromatic ring is 1. The molecule has 0 saturated heterocycles. The molecule has 108 valence electrons. The molecule has 2 rings (SSSR count). The average Bonchev–Trinajstić information content (AvgIpc) is 2.40. The lowest BCUT2D eigenvalue weighted by atomic mass is 10.1. The molecule has 0 aromatic heterocycles. The Morgan fingerprint density at radius 3 is 2.67 bits per heavy atom. The molecule has 0 heterocycles. The summed E-state index contributed by atoms with van der Waals surface area (Å²) in [6.45, 7) is 1.62. The number of hydrogen-bond acceptors (Lipinski definition) is 4. The van der Waals surface area contributed by atoms with Gasteiger partial charge in [-0.05, 0) is 48.4 Å². The zero-order valence-corrected chi connectivity index (χ0v) is 12.1. The van der Waals surface area contributed by atoms with Crippen LogP contribution in [0.4, 0.5) is 10.1 Å². The topological polar surface area (TPSA) is 84.0 Å². The van der Waals surface area contributed by atoms with Crippen molar-refractivity contribution >= 4 is 15.5 Å². The Balaban J connectivity index is 2.45. The number of nitrogens with zero attached hydrogens (tertiary/aromatic N) is 1. The lowest BCUT2D eigenvalue weighted by Crippen LogP contribution is -2.08. The second kappa shape index (κ2) is 5.54. The van der Waals surface area contributed by atoms with Crippen molar-refractivity contribution in [3.05, 3.63) is 58.9 Å². The summed E-state index contributed by atoms with van der Waals surface area (Å²) in [4.78, 5) is 0.116. The van der Waals surface area contributed by atoms with Crippen LogP contribution in [0, 0.1) is 24.1 Å². The molecule has 0 fully saturated rings. The Hall–Kier alpha value is -2.39. The fourth-order valence-electron chi connectivity index (χ4n) is 2.06. The Kier molecular flexibility index (Phi) is 3.96. The van der Waals surface area contributed by atoms with Crippen LogP contribution in [0.15, 0.2) is 41.3 Å². The third-order valence-electron chi connectivity index (χ3n) is 3.10. The largest absolute Gasteiger partial charge is 0.398 e. The minimum atomic E-state index is -3.66. The van der Waals surface area contributed by atoms with Gasteiger partial charge >= 0.3 is 0 Å². The number of halogens is 1. The van der Waals surface area contributed by atoms with Crippen LogP contribution in [0.1, 0.15) is 16.7 Å². The quantitative estimate of drug-likeness (QED) is 0.883. The second-order valence-corrected chi connectivity index (χ2v) is 6.65. The molecule has 21 heavy (non-hydrogen) atoms. The number of anilines is 1. The number of sulfone groups is 1. The maximum atomic E-state index is 13.4. The molecule has 2 aromatic carbocycles. The number of rotatable bonds is 3. The first-order valence-electron chi connectivity index (χ1n) is 6.11. The van der Waals surface area contributed by atoms with Crippen LogP contribution in [0.25, 0.3) is 0 Å². The summed E-state index contributed by atoms with van der Waals surface area (Å²) in [5.41, 5.74) is 6.88. The van der Waals surface area contributed by atoms with Gasteiger partial charge in [-0.3, -0.25) is 0 Å². The van der Waals surface area contributed by atoms with Gasteiger partial charge in [0.25, 0.3) is 0 Å². The smallest absolute Gasteiger partial charge is 0.182 e. The van der Waals surface area contributed by atoms with Crippen LogP contribution < -0.4 is 5.73 Å². The van der Waals surface area contributed by atoms with Gasteiger partial charge in [-0.25, -0.2) is 12.8 Å². The highest BCUT2D eigenvalue weighted by molar-refractivity contribution is 7.90. The van der Waals surface area contributed by atoms with Crippen molar-refractivity contribution in [3.8, 4) is 6.07 Å². The van der Waals surface area contributed by atoms with Gasteiger partial charge in [-0.2, -0.15) is 5.26 Å². The minimum Gasteiger partial charge on any atom is -0.398 e. The van der Waals surface area contributed by atoms with Gasteiger partial charge < -0.3 is 5.73 Å². The van der Waals surface area contributed by atoms with Crippen LogP contribution in [0.2, 0.25) is 0 Å². The zero-order valence-electron chi connectivity index (χ0n) is 11.3. The van der Waals surface area contributed by atoms with Gasteiger partial charge in [0.2, 0.25) is 0 Å². The van der Waals surface area contributed by atoms with E-state index < -0.39 is 15.7 Å². The molecule has 0 saturated carbocycles. The fourth-order valence-corrected chi connectivity index (χ4v) is 3.70. The van der Waals surface area contributed by atoms with E-state index in [0.717, 1.165) is 12.1 Å². The van der Waals surface area contributed by atoms with Gasteiger partial charge in [-0.15, -0.1) is 0 Å². The highest BCUT2D eigenvalue weighted by atomic mass is 32.2. The molecule has 6 heteroatoms. The van der Waals surface area contributed by atoms with E-state index in [0.29, 0.717) is 11.3 Å². The molecular weight excluding hydrogens is 291 g/mol. The lowest BCUT2D eigenvalue weighted by molar-refractivity contribution is 0.594. The minimum absolute atomic E-state index is 0.0875. The first-order valence-corrected chi connectivity index (χ1v) is 7.76. The molecule has 0 aliphatic carbocycles. The van der Waals surface area contributed by atoms with E-state index >= 15 is 0 Å². The van der Waals surface area contributed by atoms with E-state index in [9.17, 15) is 12.8 Å². The zero-order chi connectivity index (χ0) is 15.6. The number of nitrogens with two attached hydrogens (primary N) is 1. The molecule has 0 radical (unpaired) electrons. The molecule has 2 aromatic rings. The van der Waals surface area contributed by atoms with E-state index in [-0.39, 0.29) is 21.8 Å². The summed E-state index contributed by atoms with van der Waals surface area (Å²) < 4.78 is 38.2. The summed E-state index contributed by atoms with van der Waals surface area (Å²) in [5, 5.41) is 8.80. The molecule has 2 N–H and O–H groups in total. The summed E-state index contributed by atoms with van der Waals surface area (Å²) in [5.74, 6) is -1.02. The van der Waals surface area contributed by atoms with Crippen molar-refractivity contribution < 1.29 is 12.8 Å². The van der Waals surface area contributed by atoms with Crippen LogP contribution >= 0.6 is 0 Å². The molecule has 0 bridgehead atoms. The van der Waals surface area contributed by atoms with Crippen LogP contribution in [-0.2, 0) is 15.6 Å². The molecule has 0 spiro atoms. The first kappa shape index (κ1) is 15.0. The van der Waals surface area contributed by atoms with E-state index in [4.69, 9.17) is 11.0 Å². The fraction of sp³-hybridized carbons (Fsp3) is 0.133. The number of nitriles is 1. The van der Waals surface area contributed by atoms with E-state index in [1.807, 2.05) is 0 Å². The Bertz CT molecular complexity index is 839. The molecule has 0 aliphatic rings. The van der Waals surface area contributed by atoms with Crippen LogP contribution in [0.5, 0.6) is 0 Å². The van der Waals surface area contributed by atoms with Gasteiger partial charge in [0.15, 0.2) is 9.84 Å². The second-order valence-electron chi connectivity index (χ2n) is 4.69. The van der Waals surface area contributed by atoms with Crippen molar-refractivity contribution in [1.82, 2.24) is 0 Å². The number of hydrogen-bond donors (Lipinski definition) is 1. The van der Waals surface area contributed by atoms with Crippen LogP contribution in [-0.4, -0.2) is 8.42 Å². The number of benzene rings is 2. The van der Waals surface area contributed by atoms with Gasteiger partial charge in [0.05, 0.1) is 22.3 Å². The third kappa shape index (κ3) is 3.20. The normalized spacial score (nSPS) is 11.1. The molecule has 0 unspecified atom stereocenters.